The zero-order valence-electron chi connectivity index (χ0n) is 16.6. The molecular formula is C21H24N4O3S. The van der Waals surface area contributed by atoms with Gasteiger partial charge in [-0.15, -0.1) is 11.3 Å². The van der Waals surface area contributed by atoms with Crippen LogP contribution in [-0.4, -0.2) is 39.8 Å². The molecule has 0 radical (unpaired) electrons. The molecule has 0 unspecified atom stereocenters. The summed E-state index contributed by atoms with van der Waals surface area (Å²) in [6.07, 6.45) is 3.03. The number of hydrogen-bond donors (Lipinski definition) is 1. The van der Waals surface area contributed by atoms with E-state index < -0.39 is 11.6 Å². The zero-order valence-corrected chi connectivity index (χ0v) is 17.4. The third kappa shape index (κ3) is 3.64. The van der Waals surface area contributed by atoms with Crippen molar-refractivity contribution in [1.82, 2.24) is 15.2 Å². The Bertz CT molecular complexity index is 934. The summed E-state index contributed by atoms with van der Waals surface area (Å²) in [4.78, 5) is 45.9. The number of rotatable bonds is 4. The molecule has 1 saturated carbocycles. The Morgan fingerprint density at radius 1 is 1.28 bits per heavy atom. The van der Waals surface area contributed by atoms with Crippen molar-refractivity contribution in [3.05, 3.63) is 41.4 Å². The number of aryl methyl sites for hydroxylation is 1. The summed E-state index contributed by atoms with van der Waals surface area (Å²) in [5.74, 6) is -0.107. The molecule has 1 aliphatic heterocycles. The van der Waals surface area contributed by atoms with E-state index >= 15 is 0 Å². The van der Waals surface area contributed by atoms with Gasteiger partial charge >= 0.3 is 6.03 Å². The number of thiazole rings is 1. The molecule has 7 nitrogen and oxygen atoms in total. The molecule has 1 saturated heterocycles. The Labute approximate surface area is 173 Å². The van der Waals surface area contributed by atoms with Gasteiger partial charge in [-0.2, -0.15) is 0 Å². The highest BCUT2D eigenvalue weighted by Crippen LogP contribution is 2.36. The summed E-state index contributed by atoms with van der Waals surface area (Å²) in [5.41, 5.74) is 0.614. The maximum absolute atomic E-state index is 13.2. The van der Waals surface area contributed by atoms with Crippen molar-refractivity contribution in [2.24, 2.45) is 5.92 Å². The number of nitrogens with one attached hydrogen (secondary N) is 1. The van der Waals surface area contributed by atoms with Crippen LogP contribution < -0.4 is 10.2 Å². The molecule has 8 heteroatoms. The Morgan fingerprint density at radius 2 is 1.97 bits per heavy atom. The van der Waals surface area contributed by atoms with Gasteiger partial charge in [0.1, 0.15) is 12.1 Å². The number of hydrogen-bond acceptors (Lipinski definition) is 5. The Hall–Kier alpha value is -2.74. The lowest BCUT2D eigenvalue weighted by molar-refractivity contribution is -0.135. The second-order valence-electron chi connectivity index (χ2n) is 7.92. The lowest BCUT2D eigenvalue weighted by Gasteiger charge is -2.33. The van der Waals surface area contributed by atoms with Gasteiger partial charge in [0.15, 0.2) is 5.13 Å². The molecule has 1 N–H and O–H groups in total. The van der Waals surface area contributed by atoms with Crippen LogP contribution >= 0.6 is 11.3 Å². The first-order valence-corrected chi connectivity index (χ1v) is 10.7. The van der Waals surface area contributed by atoms with Gasteiger partial charge in [0.05, 0.1) is 11.4 Å². The molecule has 2 aromatic rings. The van der Waals surface area contributed by atoms with Crippen LogP contribution in [0.3, 0.4) is 0 Å². The largest absolute Gasteiger partial charge is 0.325 e. The number of imide groups is 1. The van der Waals surface area contributed by atoms with Gasteiger partial charge in [-0.25, -0.2) is 9.78 Å². The quantitative estimate of drug-likeness (QED) is 0.778. The van der Waals surface area contributed by atoms with Crippen molar-refractivity contribution in [3.63, 3.8) is 0 Å². The highest BCUT2D eigenvalue weighted by molar-refractivity contribution is 7.14. The Balaban J connectivity index is 1.58. The molecule has 1 spiro atoms. The summed E-state index contributed by atoms with van der Waals surface area (Å²) in [7, 11) is 0. The van der Waals surface area contributed by atoms with E-state index in [1.54, 1.807) is 0 Å². The van der Waals surface area contributed by atoms with E-state index in [0.717, 1.165) is 23.4 Å². The molecule has 2 aliphatic rings. The number of aromatic nitrogens is 1. The van der Waals surface area contributed by atoms with E-state index in [2.05, 4.69) is 17.2 Å². The van der Waals surface area contributed by atoms with Gasteiger partial charge in [0.25, 0.3) is 11.8 Å². The second-order valence-corrected chi connectivity index (χ2v) is 8.76. The molecule has 0 bridgehead atoms. The summed E-state index contributed by atoms with van der Waals surface area (Å²) in [6.45, 7) is 3.71. The van der Waals surface area contributed by atoms with Gasteiger partial charge in [-0.1, -0.05) is 25.1 Å². The maximum Gasteiger partial charge on any atom is 0.325 e. The van der Waals surface area contributed by atoms with Crippen molar-refractivity contribution in [2.45, 2.75) is 45.1 Å². The minimum atomic E-state index is -0.848. The van der Waals surface area contributed by atoms with E-state index in [1.807, 2.05) is 42.6 Å². The molecule has 2 heterocycles. The SMILES string of the molecule is Cc1csc(N(C(=O)CN2C(=O)NC3(CCC(C)CC3)C2=O)c2ccccc2)n1. The molecule has 1 aliphatic carbocycles. The van der Waals surface area contributed by atoms with E-state index in [1.165, 1.54) is 16.2 Å². The van der Waals surface area contributed by atoms with Crippen molar-refractivity contribution in [2.75, 3.05) is 11.4 Å². The summed E-state index contributed by atoms with van der Waals surface area (Å²) in [5, 5.41) is 5.26. The monoisotopic (exact) mass is 412 g/mol. The van der Waals surface area contributed by atoms with Crippen LogP contribution in [0.2, 0.25) is 0 Å². The van der Waals surface area contributed by atoms with Crippen molar-refractivity contribution < 1.29 is 14.4 Å². The van der Waals surface area contributed by atoms with Gasteiger partial charge in [0.2, 0.25) is 0 Å². The molecule has 0 atom stereocenters. The third-order valence-electron chi connectivity index (χ3n) is 5.73. The number of urea groups is 1. The normalized spacial score (nSPS) is 24.1. The fourth-order valence-corrected chi connectivity index (χ4v) is 4.84. The maximum atomic E-state index is 13.2. The first-order valence-electron chi connectivity index (χ1n) is 9.84. The first kappa shape index (κ1) is 19.6. The minimum absolute atomic E-state index is 0.286. The van der Waals surface area contributed by atoms with Gasteiger partial charge in [-0.05, 0) is 50.7 Å². The summed E-state index contributed by atoms with van der Waals surface area (Å²) >= 11 is 1.35. The number of nitrogens with zero attached hydrogens (tertiary/aromatic N) is 3. The third-order valence-corrected chi connectivity index (χ3v) is 6.67. The smallest absolute Gasteiger partial charge is 0.323 e. The van der Waals surface area contributed by atoms with Crippen molar-refractivity contribution >= 4 is 40.0 Å². The van der Waals surface area contributed by atoms with E-state index in [9.17, 15) is 14.4 Å². The molecule has 4 amide bonds. The number of carbonyl (C=O) groups excluding carboxylic acids is 3. The predicted molar refractivity (Wildman–Crippen MR) is 111 cm³/mol. The van der Waals surface area contributed by atoms with Crippen molar-refractivity contribution in [3.8, 4) is 0 Å². The van der Waals surface area contributed by atoms with Crippen LogP contribution in [0.15, 0.2) is 35.7 Å². The summed E-state index contributed by atoms with van der Waals surface area (Å²) in [6, 6.07) is 8.67. The second kappa shape index (κ2) is 7.59. The van der Waals surface area contributed by atoms with E-state index in [-0.39, 0.29) is 18.4 Å². The predicted octanol–water partition coefficient (Wildman–Crippen LogP) is 3.62. The van der Waals surface area contributed by atoms with Crippen LogP contribution in [-0.2, 0) is 9.59 Å². The highest BCUT2D eigenvalue weighted by atomic mass is 32.1. The Kier molecular flexibility index (Phi) is 5.12. The molecule has 29 heavy (non-hydrogen) atoms. The Morgan fingerprint density at radius 3 is 2.59 bits per heavy atom. The zero-order chi connectivity index (χ0) is 20.6. The highest BCUT2D eigenvalue weighted by Gasteiger charge is 2.52. The van der Waals surface area contributed by atoms with Crippen LogP contribution in [0.25, 0.3) is 0 Å². The fourth-order valence-electron chi connectivity index (χ4n) is 4.00. The first-order chi connectivity index (χ1) is 13.9. The fraction of sp³-hybridized carbons (Fsp3) is 0.429. The van der Waals surface area contributed by atoms with Gasteiger partial charge in [0, 0.05) is 5.38 Å². The van der Waals surface area contributed by atoms with Crippen LogP contribution in [0.1, 0.15) is 38.3 Å². The van der Waals surface area contributed by atoms with Gasteiger partial charge < -0.3 is 5.32 Å². The standard InChI is InChI=1S/C21H24N4O3S/c1-14-8-10-21(11-9-14)18(27)24(19(28)23-21)12-17(26)25(16-6-4-3-5-7-16)20-22-15(2)13-29-20/h3-7,13-14H,8-12H2,1-2H3,(H,23,28). The lowest BCUT2D eigenvalue weighted by atomic mass is 9.77. The molecular weight excluding hydrogens is 388 g/mol. The molecule has 4 rings (SSSR count). The van der Waals surface area contributed by atoms with E-state index in [4.69, 9.17) is 0 Å². The number of benzene rings is 1. The minimum Gasteiger partial charge on any atom is -0.323 e. The van der Waals surface area contributed by atoms with Crippen LogP contribution in [0, 0.1) is 12.8 Å². The average molecular weight is 413 g/mol. The number of anilines is 2. The van der Waals surface area contributed by atoms with E-state index in [0.29, 0.717) is 29.6 Å². The van der Waals surface area contributed by atoms with Crippen molar-refractivity contribution in [1.29, 1.82) is 0 Å². The van der Waals surface area contributed by atoms with Crippen LogP contribution in [0.5, 0.6) is 0 Å². The number of carbonyl (C=O) groups is 3. The van der Waals surface area contributed by atoms with Crippen LogP contribution in [0.4, 0.5) is 15.6 Å². The molecule has 1 aromatic heterocycles. The molecule has 1 aromatic carbocycles. The average Bonchev–Trinajstić information content (AvgIpc) is 3.22. The number of amides is 4. The lowest BCUT2D eigenvalue weighted by Crippen LogP contribution is -2.50. The van der Waals surface area contributed by atoms with Gasteiger partial charge in [-0.3, -0.25) is 19.4 Å². The topological polar surface area (TPSA) is 82.6 Å². The molecule has 152 valence electrons. The molecule has 2 fully saturated rings. The summed E-state index contributed by atoms with van der Waals surface area (Å²) < 4.78 is 0. The number of para-hydroxylation sites is 1.